The molecule has 32 heavy (non-hydrogen) atoms. The van der Waals surface area contributed by atoms with Gasteiger partial charge in [-0.1, -0.05) is 18.8 Å². The number of sulfonamides is 1. The summed E-state index contributed by atoms with van der Waals surface area (Å²) in [5.41, 5.74) is 0.484. The van der Waals surface area contributed by atoms with Crippen LogP contribution in [0.25, 0.3) is 0 Å². The molecule has 0 saturated heterocycles. The summed E-state index contributed by atoms with van der Waals surface area (Å²) in [6, 6.07) is 3.84. The maximum Gasteiger partial charge on any atom is 0.248 e. The van der Waals surface area contributed by atoms with Gasteiger partial charge in [0.2, 0.25) is 15.9 Å². The van der Waals surface area contributed by atoms with E-state index in [2.05, 4.69) is 11.8 Å². The molecule has 4 atom stereocenters. The lowest BCUT2D eigenvalue weighted by Crippen LogP contribution is -2.50. The number of carbonyl (C=O) groups is 1. The lowest BCUT2D eigenvalue weighted by Gasteiger charge is -2.37. The number of rotatable bonds is 6. The van der Waals surface area contributed by atoms with Crippen LogP contribution in [0.1, 0.15) is 26.3 Å². The van der Waals surface area contributed by atoms with E-state index in [4.69, 9.17) is 9.47 Å². The Hall–Kier alpha value is -2.16. The van der Waals surface area contributed by atoms with E-state index in [9.17, 15) is 23.4 Å². The summed E-state index contributed by atoms with van der Waals surface area (Å²) in [5, 5.41) is 19.1. The van der Waals surface area contributed by atoms with Crippen molar-refractivity contribution >= 4 is 15.9 Å². The molecular formula is C22H32N2O7S. The van der Waals surface area contributed by atoms with Crippen molar-refractivity contribution in [2.45, 2.75) is 43.9 Å². The summed E-state index contributed by atoms with van der Waals surface area (Å²) < 4.78 is 39.1. The van der Waals surface area contributed by atoms with Crippen molar-refractivity contribution in [1.82, 2.24) is 9.21 Å². The Labute approximate surface area is 190 Å². The number of aliphatic hydroxyl groups excluding tert-OH is 2. The first-order valence-corrected chi connectivity index (χ1v) is 11.8. The number of hydrogen-bond donors (Lipinski definition) is 2. The third kappa shape index (κ3) is 6.21. The first kappa shape index (κ1) is 26.1. The van der Waals surface area contributed by atoms with Gasteiger partial charge >= 0.3 is 0 Å². The van der Waals surface area contributed by atoms with Gasteiger partial charge in [0.25, 0.3) is 0 Å². The van der Waals surface area contributed by atoms with Crippen molar-refractivity contribution in [2.75, 3.05) is 40.5 Å². The van der Waals surface area contributed by atoms with Gasteiger partial charge in [0.05, 0.1) is 13.2 Å². The van der Waals surface area contributed by atoms with Gasteiger partial charge in [-0.2, -0.15) is 4.31 Å². The van der Waals surface area contributed by atoms with Crippen molar-refractivity contribution in [3.05, 3.63) is 23.8 Å². The summed E-state index contributed by atoms with van der Waals surface area (Å²) in [5.74, 6) is 5.01. The minimum absolute atomic E-state index is 0.0387. The van der Waals surface area contributed by atoms with Crippen LogP contribution in [0.3, 0.4) is 0 Å². The van der Waals surface area contributed by atoms with E-state index in [1.165, 1.54) is 35.4 Å². The van der Waals surface area contributed by atoms with Crippen LogP contribution in [0.5, 0.6) is 5.75 Å². The number of aliphatic hydroxyl groups is 2. The normalized spacial score (nSPS) is 22.2. The summed E-state index contributed by atoms with van der Waals surface area (Å²) in [7, 11) is -0.894. The number of nitrogens with zero attached hydrogens (tertiary/aromatic N) is 2. The molecule has 1 heterocycles. The quantitative estimate of drug-likeness (QED) is 0.577. The summed E-state index contributed by atoms with van der Waals surface area (Å²) in [6.45, 7) is 4.93. The number of hydrogen-bond acceptors (Lipinski definition) is 7. The molecule has 1 aliphatic rings. The number of ether oxygens (including phenoxy) is 2. The highest BCUT2D eigenvalue weighted by Crippen LogP contribution is 2.34. The van der Waals surface area contributed by atoms with Gasteiger partial charge in [-0.3, -0.25) is 4.79 Å². The fraction of sp³-hybridized carbons (Fsp3) is 0.591. The van der Waals surface area contributed by atoms with Gasteiger partial charge in [-0.25, -0.2) is 8.42 Å². The molecule has 2 N–H and O–H groups in total. The number of carbonyl (C=O) groups excluding carboxylic acids is 1. The number of likely N-dealkylation sites (N-methyl/N-ethyl adjacent to an activating group) is 1. The number of fused-ring (bicyclic) bond motifs is 1. The third-order valence-electron chi connectivity index (χ3n) is 5.24. The molecule has 0 unspecified atom stereocenters. The molecule has 1 aromatic carbocycles. The van der Waals surface area contributed by atoms with Crippen molar-refractivity contribution < 1.29 is 32.9 Å². The van der Waals surface area contributed by atoms with E-state index in [0.29, 0.717) is 5.56 Å². The molecule has 10 heteroatoms. The molecule has 0 spiro atoms. The van der Waals surface area contributed by atoms with Crippen LogP contribution in [0, 0.1) is 17.8 Å². The molecule has 0 radical (unpaired) electrons. The van der Waals surface area contributed by atoms with Gasteiger partial charge in [0.15, 0.2) is 0 Å². The Bertz CT molecular complexity index is 968. The highest BCUT2D eigenvalue weighted by molar-refractivity contribution is 7.89. The van der Waals surface area contributed by atoms with E-state index in [1.807, 2.05) is 6.92 Å². The topological polar surface area (TPSA) is 117 Å². The Morgan fingerprint density at radius 2 is 2.09 bits per heavy atom. The van der Waals surface area contributed by atoms with Crippen LogP contribution in [0.4, 0.5) is 0 Å². The Kier molecular flexibility index (Phi) is 9.07. The Morgan fingerprint density at radius 1 is 1.41 bits per heavy atom. The zero-order chi connectivity index (χ0) is 24.1. The zero-order valence-corrected chi connectivity index (χ0v) is 19.9. The molecule has 1 aliphatic heterocycles. The molecule has 9 nitrogen and oxygen atoms in total. The first-order chi connectivity index (χ1) is 15.0. The first-order valence-electron chi connectivity index (χ1n) is 10.4. The fourth-order valence-corrected chi connectivity index (χ4v) is 5.14. The van der Waals surface area contributed by atoms with E-state index in [1.54, 1.807) is 20.0 Å². The molecule has 0 aliphatic carbocycles. The smallest absolute Gasteiger partial charge is 0.248 e. The fourth-order valence-electron chi connectivity index (χ4n) is 3.31. The predicted molar refractivity (Wildman–Crippen MR) is 119 cm³/mol. The van der Waals surface area contributed by atoms with Gasteiger partial charge in [0, 0.05) is 38.2 Å². The summed E-state index contributed by atoms with van der Waals surface area (Å²) >= 11 is 0. The van der Waals surface area contributed by atoms with Crippen LogP contribution in [0.2, 0.25) is 0 Å². The maximum absolute atomic E-state index is 13.4. The van der Waals surface area contributed by atoms with Crippen molar-refractivity contribution in [1.29, 1.82) is 0 Å². The molecule has 0 fully saturated rings. The van der Waals surface area contributed by atoms with Crippen LogP contribution in [-0.2, 0) is 19.6 Å². The summed E-state index contributed by atoms with van der Waals surface area (Å²) in [4.78, 5) is 13.7. The standard InChI is InChI=1S/C22H32N2O7S/c1-15-11-24(16(2)13-25)32(28,29)21-9-8-18(7-6-17(3)26)10-19(21)31-20(15)12-23(4)22(27)14-30-5/h8-10,15-17,20,25-26H,11-14H2,1-5H3/t15-,16+,17+,20-/m1/s1. The van der Waals surface area contributed by atoms with E-state index < -0.39 is 28.3 Å². The second kappa shape index (κ2) is 11.1. The molecule has 2 rings (SSSR count). The average molecular weight is 469 g/mol. The van der Waals surface area contributed by atoms with Gasteiger partial charge in [-0.15, -0.1) is 0 Å². The number of methoxy groups -OCH3 is 1. The minimum Gasteiger partial charge on any atom is -0.487 e. The predicted octanol–water partition coefficient (Wildman–Crippen LogP) is 0.292. The average Bonchev–Trinajstić information content (AvgIpc) is 2.74. The van der Waals surface area contributed by atoms with Crippen LogP contribution in [-0.4, -0.2) is 92.5 Å². The van der Waals surface area contributed by atoms with E-state index >= 15 is 0 Å². The number of benzene rings is 1. The van der Waals surface area contributed by atoms with E-state index in [0.717, 1.165) is 0 Å². The SMILES string of the molecule is COCC(=O)N(C)C[C@H]1Oc2cc(C#C[C@H](C)O)ccc2S(=O)(=O)N([C@@H](C)CO)C[C@H]1C. The van der Waals surface area contributed by atoms with Crippen molar-refractivity contribution in [3.8, 4) is 17.6 Å². The Balaban J connectivity index is 2.55. The largest absolute Gasteiger partial charge is 0.487 e. The zero-order valence-electron chi connectivity index (χ0n) is 19.1. The highest BCUT2D eigenvalue weighted by Gasteiger charge is 2.38. The minimum atomic E-state index is -3.96. The van der Waals surface area contributed by atoms with Crippen molar-refractivity contribution in [3.63, 3.8) is 0 Å². The molecule has 0 aromatic heterocycles. The van der Waals surface area contributed by atoms with Crippen LogP contribution in [0.15, 0.2) is 23.1 Å². The van der Waals surface area contributed by atoms with Crippen LogP contribution >= 0.6 is 0 Å². The van der Waals surface area contributed by atoms with Gasteiger partial charge in [-0.05, 0) is 32.0 Å². The molecule has 178 valence electrons. The van der Waals surface area contributed by atoms with Crippen LogP contribution < -0.4 is 4.74 Å². The molecule has 1 aromatic rings. The second-order valence-corrected chi connectivity index (χ2v) is 9.91. The van der Waals surface area contributed by atoms with Gasteiger partial charge in [0.1, 0.15) is 29.5 Å². The Morgan fingerprint density at radius 3 is 2.69 bits per heavy atom. The lowest BCUT2D eigenvalue weighted by atomic mass is 10.0. The molecule has 0 bridgehead atoms. The van der Waals surface area contributed by atoms with E-state index in [-0.39, 0.29) is 48.8 Å². The number of amides is 1. The van der Waals surface area contributed by atoms with Crippen molar-refractivity contribution in [2.24, 2.45) is 5.92 Å². The molecule has 0 saturated carbocycles. The third-order valence-corrected chi connectivity index (χ3v) is 7.26. The molecule has 1 amide bonds. The lowest BCUT2D eigenvalue weighted by molar-refractivity contribution is -0.135. The monoisotopic (exact) mass is 468 g/mol. The maximum atomic E-state index is 13.4. The molecular weight excluding hydrogens is 436 g/mol. The summed E-state index contributed by atoms with van der Waals surface area (Å²) in [6.07, 6.45) is -1.36. The van der Waals surface area contributed by atoms with Gasteiger partial charge < -0.3 is 24.6 Å². The second-order valence-electron chi connectivity index (χ2n) is 8.05. The highest BCUT2D eigenvalue weighted by atomic mass is 32.2.